The number of rotatable bonds is 3. The van der Waals surface area contributed by atoms with Crippen molar-refractivity contribution in [3.8, 4) is 0 Å². The van der Waals surface area contributed by atoms with Crippen molar-refractivity contribution < 1.29 is 4.39 Å². The third-order valence-electron chi connectivity index (χ3n) is 4.85. The first kappa shape index (κ1) is 17.8. The number of hydrogen-bond donors (Lipinski definition) is 0. The third-order valence-corrected chi connectivity index (χ3v) is 5.79. The van der Waals surface area contributed by atoms with Crippen LogP contribution in [-0.4, -0.2) is 43.3 Å². The highest BCUT2D eigenvalue weighted by Crippen LogP contribution is 2.24. The minimum absolute atomic E-state index is 0.306. The fourth-order valence-electron chi connectivity index (χ4n) is 3.41. The molecule has 0 spiro atoms. The summed E-state index contributed by atoms with van der Waals surface area (Å²) in [4.78, 5) is 32.0. The summed E-state index contributed by atoms with van der Waals surface area (Å²) in [5, 5.41) is 0. The van der Waals surface area contributed by atoms with Crippen LogP contribution in [0.3, 0.4) is 0 Å². The van der Waals surface area contributed by atoms with Crippen molar-refractivity contribution in [2.24, 2.45) is 14.1 Å². The van der Waals surface area contributed by atoms with E-state index >= 15 is 0 Å². The first-order valence-electron chi connectivity index (χ1n) is 8.71. The highest BCUT2D eigenvalue weighted by atomic mass is 32.2. The molecule has 1 aliphatic heterocycles. The number of aryl methyl sites for hydroxylation is 1. The first-order valence-corrected chi connectivity index (χ1v) is 9.86. The van der Waals surface area contributed by atoms with Gasteiger partial charge in [-0.25, -0.2) is 9.18 Å². The summed E-state index contributed by atoms with van der Waals surface area (Å²) in [6, 6.07) is 6.31. The Hall–Kier alpha value is -2.55. The summed E-state index contributed by atoms with van der Waals surface area (Å²) in [5.74, 6) is 2.27. The molecular formula is C18H20FN5O2S. The van der Waals surface area contributed by atoms with Crippen LogP contribution >= 0.6 is 11.8 Å². The van der Waals surface area contributed by atoms with Gasteiger partial charge >= 0.3 is 5.69 Å². The second kappa shape index (κ2) is 6.88. The van der Waals surface area contributed by atoms with Crippen LogP contribution in [0.1, 0.15) is 5.56 Å². The first-order chi connectivity index (χ1) is 13.0. The molecule has 0 aliphatic carbocycles. The van der Waals surface area contributed by atoms with Crippen molar-refractivity contribution in [2.45, 2.75) is 6.54 Å². The van der Waals surface area contributed by atoms with Crippen LogP contribution < -0.4 is 16.1 Å². The van der Waals surface area contributed by atoms with E-state index in [4.69, 9.17) is 0 Å². The van der Waals surface area contributed by atoms with Crippen LogP contribution in [-0.2, 0) is 20.6 Å². The molecule has 142 valence electrons. The van der Waals surface area contributed by atoms with Gasteiger partial charge in [0.2, 0.25) is 5.95 Å². The van der Waals surface area contributed by atoms with E-state index in [1.807, 2.05) is 22.4 Å². The molecule has 27 heavy (non-hydrogen) atoms. The lowest BCUT2D eigenvalue weighted by Crippen LogP contribution is -2.38. The molecule has 1 aliphatic rings. The van der Waals surface area contributed by atoms with Gasteiger partial charge in [0.15, 0.2) is 11.2 Å². The Kier molecular flexibility index (Phi) is 4.55. The van der Waals surface area contributed by atoms with Crippen molar-refractivity contribution >= 4 is 28.9 Å². The van der Waals surface area contributed by atoms with Crippen LogP contribution in [0, 0.1) is 5.82 Å². The van der Waals surface area contributed by atoms with Gasteiger partial charge in [0.1, 0.15) is 5.82 Å². The lowest BCUT2D eigenvalue weighted by molar-refractivity contribution is 0.623. The Morgan fingerprint density at radius 1 is 1.15 bits per heavy atom. The number of fused-ring (bicyclic) bond motifs is 1. The van der Waals surface area contributed by atoms with Gasteiger partial charge in [0.05, 0.1) is 6.54 Å². The van der Waals surface area contributed by atoms with Gasteiger partial charge in [0.25, 0.3) is 5.56 Å². The molecule has 2 aromatic heterocycles. The minimum Gasteiger partial charge on any atom is -0.341 e. The molecule has 4 rings (SSSR count). The summed E-state index contributed by atoms with van der Waals surface area (Å²) in [6.45, 7) is 1.93. The van der Waals surface area contributed by atoms with E-state index in [0.29, 0.717) is 23.7 Å². The predicted octanol–water partition coefficient (Wildman–Crippen LogP) is 1.17. The van der Waals surface area contributed by atoms with Crippen molar-refractivity contribution in [3.05, 3.63) is 56.5 Å². The number of halogens is 1. The lowest BCUT2D eigenvalue weighted by Gasteiger charge is -2.28. The van der Waals surface area contributed by atoms with Crippen LogP contribution in [0.2, 0.25) is 0 Å². The van der Waals surface area contributed by atoms with Gasteiger partial charge in [-0.05, 0) is 17.7 Å². The Bertz CT molecular complexity index is 1130. The van der Waals surface area contributed by atoms with Crippen LogP contribution in [0.4, 0.5) is 10.3 Å². The fraction of sp³-hybridized carbons (Fsp3) is 0.389. The molecule has 1 saturated heterocycles. The number of benzene rings is 1. The number of hydrogen-bond acceptors (Lipinski definition) is 5. The average Bonchev–Trinajstić information content (AvgIpc) is 3.05. The topological polar surface area (TPSA) is 65.1 Å². The third kappa shape index (κ3) is 3.05. The smallest absolute Gasteiger partial charge is 0.332 e. The standard InChI is InChI=1S/C18H20FN5O2S/c1-21-15-14(16(25)22(2)18(21)26)24(11-12-4-3-5-13(19)10-12)17(20-15)23-6-8-27-9-7-23/h3-5,10H,6-9,11H2,1-2H3. The highest BCUT2D eigenvalue weighted by Gasteiger charge is 2.24. The SMILES string of the molecule is Cn1c(=O)c2c(nc(N3CCSCC3)n2Cc2cccc(F)c2)n(C)c1=O. The Morgan fingerprint density at radius 3 is 2.59 bits per heavy atom. The molecule has 0 unspecified atom stereocenters. The normalized spacial score (nSPS) is 14.9. The summed E-state index contributed by atoms with van der Waals surface area (Å²) < 4.78 is 18.0. The van der Waals surface area contributed by atoms with Crippen molar-refractivity contribution in [1.82, 2.24) is 18.7 Å². The molecule has 0 N–H and O–H groups in total. The van der Waals surface area contributed by atoms with E-state index in [2.05, 4.69) is 9.88 Å². The van der Waals surface area contributed by atoms with E-state index in [9.17, 15) is 14.0 Å². The fourth-order valence-corrected chi connectivity index (χ4v) is 4.31. The van der Waals surface area contributed by atoms with Gasteiger partial charge < -0.3 is 4.90 Å². The van der Waals surface area contributed by atoms with Crippen molar-refractivity contribution in [3.63, 3.8) is 0 Å². The average molecular weight is 389 g/mol. The molecule has 0 bridgehead atoms. The predicted molar refractivity (Wildman–Crippen MR) is 105 cm³/mol. The van der Waals surface area contributed by atoms with Gasteiger partial charge in [-0.1, -0.05) is 12.1 Å². The monoisotopic (exact) mass is 389 g/mol. The van der Waals surface area contributed by atoms with Crippen LogP contribution in [0.15, 0.2) is 33.9 Å². The molecule has 1 aromatic carbocycles. The lowest BCUT2D eigenvalue weighted by atomic mass is 10.2. The van der Waals surface area contributed by atoms with E-state index in [-0.39, 0.29) is 5.82 Å². The zero-order chi connectivity index (χ0) is 19.1. The molecule has 0 saturated carbocycles. The summed E-state index contributed by atoms with van der Waals surface area (Å²) in [5.41, 5.74) is 0.640. The molecule has 0 atom stereocenters. The van der Waals surface area contributed by atoms with Crippen LogP contribution in [0.25, 0.3) is 11.2 Å². The molecular weight excluding hydrogens is 369 g/mol. The Morgan fingerprint density at radius 2 is 1.89 bits per heavy atom. The summed E-state index contributed by atoms with van der Waals surface area (Å²) in [6.07, 6.45) is 0. The van der Waals surface area contributed by atoms with E-state index in [0.717, 1.165) is 34.7 Å². The number of imidazole rings is 1. The number of nitrogens with zero attached hydrogens (tertiary/aromatic N) is 5. The number of anilines is 1. The molecule has 0 radical (unpaired) electrons. The number of thioether (sulfide) groups is 1. The van der Waals surface area contributed by atoms with Gasteiger partial charge in [-0.2, -0.15) is 16.7 Å². The maximum Gasteiger partial charge on any atom is 0.332 e. The van der Waals surface area contributed by atoms with Crippen molar-refractivity contribution in [1.29, 1.82) is 0 Å². The molecule has 7 nitrogen and oxygen atoms in total. The largest absolute Gasteiger partial charge is 0.341 e. The minimum atomic E-state index is -0.413. The second-order valence-corrected chi connectivity index (χ2v) is 7.83. The zero-order valence-corrected chi connectivity index (χ0v) is 16.0. The van der Waals surface area contributed by atoms with E-state index in [1.165, 1.54) is 23.7 Å². The van der Waals surface area contributed by atoms with E-state index < -0.39 is 11.2 Å². The molecule has 9 heteroatoms. The van der Waals surface area contributed by atoms with E-state index in [1.54, 1.807) is 13.1 Å². The zero-order valence-electron chi connectivity index (χ0n) is 15.2. The number of aromatic nitrogens is 4. The van der Waals surface area contributed by atoms with Gasteiger partial charge in [-0.15, -0.1) is 0 Å². The van der Waals surface area contributed by atoms with Gasteiger partial charge in [-0.3, -0.25) is 18.5 Å². The Balaban J connectivity index is 1.97. The van der Waals surface area contributed by atoms with Crippen molar-refractivity contribution in [2.75, 3.05) is 29.5 Å². The summed E-state index contributed by atoms with van der Waals surface area (Å²) >= 11 is 1.87. The quantitative estimate of drug-likeness (QED) is 0.673. The highest BCUT2D eigenvalue weighted by molar-refractivity contribution is 7.99. The maximum atomic E-state index is 13.7. The van der Waals surface area contributed by atoms with Crippen LogP contribution in [0.5, 0.6) is 0 Å². The molecule has 3 heterocycles. The maximum absolute atomic E-state index is 13.7. The second-order valence-electron chi connectivity index (χ2n) is 6.61. The molecule has 0 amide bonds. The summed E-state index contributed by atoms with van der Waals surface area (Å²) in [7, 11) is 3.07. The van der Waals surface area contributed by atoms with Gasteiger partial charge in [0, 0.05) is 38.7 Å². The molecule has 3 aromatic rings. The Labute approximate surface area is 159 Å². The molecule has 1 fully saturated rings.